The topological polar surface area (TPSA) is 82.1 Å². The van der Waals surface area contributed by atoms with Crippen LogP contribution in [0.5, 0.6) is 0 Å². The van der Waals surface area contributed by atoms with Crippen LogP contribution in [0.2, 0.25) is 0 Å². The SMILES string of the molecule is Cc1[nH]n(-c2ccccc2)c(=O)c1CN1CCCC(Nc2nccc(N3CCCCCC3)n2)C1. The van der Waals surface area contributed by atoms with Crippen molar-refractivity contribution in [1.29, 1.82) is 0 Å². The predicted molar refractivity (Wildman–Crippen MR) is 136 cm³/mol. The van der Waals surface area contributed by atoms with Crippen molar-refractivity contribution >= 4 is 11.8 Å². The summed E-state index contributed by atoms with van der Waals surface area (Å²) in [5, 5.41) is 6.82. The number of para-hydroxylation sites is 1. The second-order valence-electron chi connectivity index (χ2n) is 9.55. The van der Waals surface area contributed by atoms with Crippen molar-refractivity contribution in [2.24, 2.45) is 0 Å². The highest BCUT2D eigenvalue weighted by molar-refractivity contribution is 5.43. The largest absolute Gasteiger partial charge is 0.356 e. The monoisotopic (exact) mass is 461 g/mol. The third kappa shape index (κ3) is 5.17. The highest BCUT2D eigenvalue weighted by Crippen LogP contribution is 2.20. The summed E-state index contributed by atoms with van der Waals surface area (Å²) in [6.07, 6.45) is 9.10. The first-order valence-corrected chi connectivity index (χ1v) is 12.6. The molecule has 0 aliphatic carbocycles. The summed E-state index contributed by atoms with van der Waals surface area (Å²) >= 11 is 0. The Balaban J connectivity index is 1.24. The van der Waals surface area contributed by atoms with Gasteiger partial charge in [-0.1, -0.05) is 31.0 Å². The number of nitrogens with zero attached hydrogens (tertiary/aromatic N) is 5. The Morgan fingerprint density at radius 3 is 2.62 bits per heavy atom. The maximum absolute atomic E-state index is 13.1. The summed E-state index contributed by atoms with van der Waals surface area (Å²) in [6, 6.07) is 12.0. The van der Waals surface area contributed by atoms with E-state index in [4.69, 9.17) is 4.98 Å². The van der Waals surface area contributed by atoms with Crippen LogP contribution in [0.25, 0.3) is 5.69 Å². The van der Waals surface area contributed by atoms with Crippen LogP contribution in [0, 0.1) is 6.92 Å². The quantitative estimate of drug-likeness (QED) is 0.582. The molecule has 2 aliphatic heterocycles. The molecule has 1 aromatic carbocycles. The number of likely N-dealkylation sites (tertiary alicyclic amines) is 1. The molecule has 3 aromatic rings. The molecule has 34 heavy (non-hydrogen) atoms. The molecule has 2 aliphatic rings. The van der Waals surface area contributed by atoms with Gasteiger partial charge in [0.2, 0.25) is 5.95 Å². The predicted octanol–water partition coefficient (Wildman–Crippen LogP) is 3.72. The van der Waals surface area contributed by atoms with E-state index in [9.17, 15) is 4.79 Å². The van der Waals surface area contributed by atoms with E-state index in [2.05, 4.69) is 25.2 Å². The molecule has 0 saturated carbocycles. The molecular weight excluding hydrogens is 426 g/mol. The average Bonchev–Trinajstić information content (AvgIpc) is 3.03. The van der Waals surface area contributed by atoms with E-state index < -0.39 is 0 Å². The summed E-state index contributed by atoms with van der Waals surface area (Å²) in [6.45, 7) is 6.63. The molecule has 2 N–H and O–H groups in total. The lowest BCUT2D eigenvalue weighted by atomic mass is 10.1. The molecule has 2 saturated heterocycles. The van der Waals surface area contributed by atoms with Gasteiger partial charge >= 0.3 is 0 Å². The first-order valence-electron chi connectivity index (χ1n) is 12.6. The number of nitrogens with one attached hydrogen (secondary N) is 2. The lowest BCUT2D eigenvalue weighted by molar-refractivity contribution is 0.207. The maximum Gasteiger partial charge on any atom is 0.275 e. The first kappa shape index (κ1) is 22.7. The molecule has 0 bridgehead atoms. The first-order chi connectivity index (χ1) is 16.7. The van der Waals surface area contributed by atoms with Crippen molar-refractivity contribution in [2.45, 2.75) is 58.0 Å². The highest BCUT2D eigenvalue weighted by Gasteiger charge is 2.23. The van der Waals surface area contributed by atoms with Gasteiger partial charge < -0.3 is 10.2 Å². The Morgan fingerprint density at radius 1 is 1.03 bits per heavy atom. The molecule has 0 amide bonds. The van der Waals surface area contributed by atoms with Gasteiger partial charge in [0, 0.05) is 44.1 Å². The van der Waals surface area contributed by atoms with Gasteiger partial charge in [0.25, 0.3) is 5.56 Å². The molecule has 4 heterocycles. The number of aromatic nitrogens is 4. The van der Waals surface area contributed by atoms with E-state index in [-0.39, 0.29) is 11.6 Å². The van der Waals surface area contributed by atoms with E-state index in [0.29, 0.717) is 12.5 Å². The van der Waals surface area contributed by atoms with Gasteiger partial charge in [-0.2, -0.15) is 4.98 Å². The van der Waals surface area contributed by atoms with E-state index in [1.807, 2.05) is 49.5 Å². The third-order valence-corrected chi connectivity index (χ3v) is 7.00. The second-order valence-corrected chi connectivity index (χ2v) is 9.55. The molecule has 2 fully saturated rings. The summed E-state index contributed by atoms with van der Waals surface area (Å²) in [4.78, 5) is 27.2. The van der Waals surface area contributed by atoms with Gasteiger partial charge in [-0.25, -0.2) is 9.67 Å². The fourth-order valence-corrected chi connectivity index (χ4v) is 5.14. The number of rotatable bonds is 6. The zero-order valence-electron chi connectivity index (χ0n) is 20.0. The van der Waals surface area contributed by atoms with E-state index in [1.54, 1.807) is 4.68 Å². The fourth-order valence-electron chi connectivity index (χ4n) is 5.14. The molecule has 2 aromatic heterocycles. The molecular formula is C26H35N7O. The van der Waals surface area contributed by atoms with Crippen molar-refractivity contribution in [3.63, 3.8) is 0 Å². The summed E-state index contributed by atoms with van der Waals surface area (Å²) in [7, 11) is 0. The van der Waals surface area contributed by atoms with Crippen LogP contribution >= 0.6 is 0 Å². The number of aryl methyl sites for hydroxylation is 1. The minimum Gasteiger partial charge on any atom is -0.356 e. The van der Waals surface area contributed by atoms with Crippen LogP contribution in [0.1, 0.15) is 49.8 Å². The van der Waals surface area contributed by atoms with Crippen LogP contribution < -0.4 is 15.8 Å². The van der Waals surface area contributed by atoms with Crippen LogP contribution in [0.3, 0.4) is 0 Å². The van der Waals surface area contributed by atoms with Gasteiger partial charge in [0.15, 0.2) is 0 Å². The van der Waals surface area contributed by atoms with Crippen LogP contribution in [0.15, 0.2) is 47.4 Å². The summed E-state index contributed by atoms with van der Waals surface area (Å²) in [5.74, 6) is 1.73. The number of benzene rings is 1. The Bertz CT molecular complexity index is 1130. The van der Waals surface area contributed by atoms with Crippen molar-refractivity contribution in [1.82, 2.24) is 24.6 Å². The lowest BCUT2D eigenvalue weighted by Crippen LogP contribution is -2.42. The lowest BCUT2D eigenvalue weighted by Gasteiger charge is -2.33. The summed E-state index contributed by atoms with van der Waals surface area (Å²) < 4.78 is 1.65. The molecule has 8 nitrogen and oxygen atoms in total. The number of aromatic amines is 1. The minimum atomic E-state index is 0.0345. The third-order valence-electron chi connectivity index (χ3n) is 7.00. The Morgan fingerprint density at radius 2 is 1.82 bits per heavy atom. The smallest absolute Gasteiger partial charge is 0.275 e. The van der Waals surface area contributed by atoms with E-state index in [0.717, 1.165) is 61.8 Å². The zero-order valence-corrected chi connectivity index (χ0v) is 20.0. The molecule has 8 heteroatoms. The number of H-pyrrole nitrogens is 1. The number of hydrogen-bond acceptors (Lipinski definition) is 6. The maximum atomic E-state index is 13.1. The minimum absolute atomic E-state index is 0.0345. The van der Waals surface area contributed by atoms with Crippen LogP contribution in [-0.2, 0) is 6.54 Å². The van der Waals surface area contributed by atoms with Crippen molar-refractivity contribution in [3.05, 3.63) is 64.2 Å². The van der Waals surface area contributed by atoms with Gasteiger partial charge in [0.05, 0.1) is 11.3 Å². The second kappa shape index (κ2) is 10.4. The zero-order chi connectivity index (χ0) is 23.3. The van der Waals surface area contributed by atoms with Crippen molar-refractivity contribution in [3.8, 4) is 5.69 Å². The molecule has 1 unspecified atom stereocenters. The summed E-state index contributed by atoms with van der Waals surface area (Å²) in [5.41, 5.74) is 2.66. The van der Waals surface area contributed by atoms with Crippen LogP contribution in [0.4, 0.5) is 11.8 Å². The molecule has 5 rings (SSSR count). The molecule has 0 radical (unpaired) electrons. The molecule has 0 spiro atoms. The van der Waals surface area contributed by atoms with Gasteiger partial charge in [-0.3, -0.25) is 14.8 Å². The molecule has 1 atom stereocenters. The highest BCUT2D eigenvalue weighted by atomic mass is 16.1. The van der Waals surface area contributed by atoms with Crippen LogP contribution in [-0.4, -0.2) is 56.9 Å². The van der Waals surface area contributed by atoms with E-state index >= 15 is 0 Å². The number of piperidine rings is 1. The van der Waals surface area contributed by atoms with Crippen molar-refractivity contribution < 1.29 is 0 Å². The number of anilines is 2. The normalized spacial score (nSPS) is 19.7. The van der Waals surface area contributed by atoms with Gasteiger partial charge in [-0.15, -0.1) is 0 Å². The van der Waals surface area contributed by atoms with Gasteiger partial charge in [-0.05, 0) is 57.4 Å². The Labute approximate surface area is 201 Å². The fraction of sp³-hybridized carbons (Fsp3) is 0.500. The average molecular weight is 462 g/mol. The van der Waals surface area contributed by atoms with Gasteiger partial charge in [0.1, 0.15) is 5.82 Å². The standard InChI is InChI=1S/C26H35N7O/c1-20-23(25(34)33(30-20)22-11-5-4-6-12-22)19-31-15-9-10-21(18-31)28-26-27-14-13-24(29-26)32-16-7-2-3-8-17-32/h4-6,11-14,21,30H,2-3,7-10,15-19H2,1H3,(H,27,28,29). The number of hydrogen-bond donors (Lipinski definition) is 2. The Hall–Kier alpha value is -3.13. The molecule has 180 valence electrons. The van der Waals surface area contributed by atoms with E-state index in [1.165, 1.54) is 25.7 Å². The Kier molecular flexibility index (Phi) is 6.94. The van der Waals surface area contributed by atoms with Crippen molar-refractivity contribution in [2.75, 3.05) is 36.4 Å².